The van der Waals surface area contributed by atoms with E-state index in [-0.39, 0.29) is 21.9 Å². The van der Waals surface area contributed by atoms with Gasteiger partial charge >= 0.3 is 0 Å². The molecule has 0 atom stereocenters. The lowest BCUT2D eigenvalue weighted by atomic mass is 10.1. The summed E-state index contributed by atoms with van der Waals surface area (Å²) in [6.07, 6.45) is 0. The van der Waals surface area contributed by atoms with Crippen LogP contribution in [0.2, 0.25) is 0 Å². The largest absolute Gasteiger partial charge is 0.495 e. The molecule has 0 fully saturated rings. The molecule has 0 unspecified atom stereocenters. The van der Waals surface area contributed by atoms with Crippen LogP contribution in [0.1, 0.15) is 21.5 Å². The molecule has 8 heteroatoms. The predicted octanol–water partition coefficient (Wildman–Crippen LogP) is 4.50. The lowest BCUT2D eigenvalue weighted by molar-refractivity contribution is 0.102. The first-order valence-electron chi connectivity index (χ1n) is 9.05. The summed E-state index contributed by atoms with van der Waals surface area (Å²) in [7, 11) is -2.55. The van der Waals surface area contributed by atoms with Crippen LogP contribution in [0.3, 0.4) is 0 Å². The molecular formula is C22H21FN2O4S. The Bertz CT molecular complexity index is 1210. The van der Waals surface area contributed by atoms with Gasteiger partial charge in [-0.1, -0.05) is 24.3 Å². The second-order valence-electron chi connectivity index (χ2n) is 6.72. The molecule has 3 aromatic carbocycles. The zero-order valence-electron chi connectivity index (χ0n) is 16.7. The van der Waals surface area contributed by atoms with Gasteiger partial charge < -0.3 is 10.1 Å². The molecular weight excluding hydrogens is 407 g/mol. The summed E-state index contributed by atoms with van der Waals surface area (Å²) in [6.45, 7) is 3.66. The van der Waals surface area contributed by atoms with Gasteiger partial charge in [-0.3, -0.25) is 9.52 Å². The molecule has 0 aliphatic rings. The summed E-state index contributed by atoms with van der Waals surface area (Å²) in [5.41, 5.74) is 2.08. The van der Waals surface area contributed by atoms with Crippen LogP contribution in [0, 0.1) is 19.7 Å². The van der Waals surface area contributed by atoms with Crippen molar-refractivity contribution in [2.75, 3.05) is 17.1 Å². The number of halogens is 1. The third-order valence-corrected chi connectivity index (χ3v) is 5.85. The summed E-state index contributed by atoms with van der Waals surface area (Å²) < 4.78 is 47.5. The van der Waals surface area contributed by atoms with E-state index in [0.717, 1.165) is 11.1 Å². The van der Waals surface area contributed by atoms with Crippen molar-refractivity contribution in [2.24, 2.45) is 0 Å². The van der Waals surface area contributed by atoms with E-state index in [1.54, 1.807) is 13.0 Å². The molecule has 0 radical (unpaired) electrons. The molecule has 0 saturated carbocycles. The third kappa shape index (κ3) is 4.60. The number of hydrogen-bond donors (Lipinski definition) is 2. The minimum atomic E-state index is -3.94. The zero-order chi connectivity index (χ0) is 21.9. The molecule has 6 nitrogen and oxygen atoms in total. The van der Waals surface area contributed by atoms with Crippen molar-refractivity contribution in [2.45, 2.75) is 18.7 Å². The Morgan fingerprint density at radius 2 is 1.70 bits per heavy atom. The predicted molar refractivity (Wildman–Crippen MR) is 114 cm³/mol. The van der Waals surface area contributed by atoms with Crippen LogP contribution in [0.4, 0.5) is 15.8 Å². The number of aryl methyl sites for hydroxylation is 2. The maximum atomic E-state index is 13.9. The number of anilines is 2. The molecule has 0 aliphatic carbocycles. The monoisotopic (exact) mass is 428 g/mol. The summed E-state index contributed by atoms with van der Waals surface area (Å²) in [5.74, 6) is -1.16. The number of methoxy groups -OCH3 is 1. The van der Waals surface area contributed by atoms with Crippen molar-refractivity contribution in [3.05, 3.63) is 83.2 Å². The van der Waals surface area contributed by atoms with E-state index < -0.39 is 21.7 Å². The van der Waals surface area contributed by atoms with Crippen molar-refractivity contribution in [3.8, 4) is 5.75 Å². The molecule has 0 heterocycles. The van der Waals surface area contributed by atoms with Gasteiger partial charge in [0.25, 0.3) is 15.9 Å². The minimum absolute atomic E-state index is 0.0759. The van der Waals surface area contributed by atoms with Gasteiger partial charge in [0.15, 0.2) is 0 Å². The smallest absolute Gasteiger partial charge is 0.261 e. The number of carbonyl (C=O) groups excluding carboxylic acids is 1. The fourth-order valence-corrected chi connectivity index (χ4v) is 3.98. The lowest BCUT2D eigenvalue weighted by Crippen LogP contribution is -2.17. The highest BCUT2D eigenvalue weighted by Gasteiger charge is 2.20. The Morgan fingerprint density at radius 1 is 0.967 bits per heavy atom. The summed E-state index contributed by atoms with van der Waals surface area (Å²) in [5, 5.41) is 2.52. The number of amides is 1. The lowest BCUT2D eigenvalue weighted by Gasteiger charge is -2.15. The number of ether oxygens (including phenoxy) is 1. The first kappa shape index (κ1) is 21.3. The van der Waals surface area contributed by atoms with Crippen LogP contribution in [0.25, 0.3) is 0 Å². The van der Waals surface area contributed by atoms with Crippen LogP contribution in [-0.4, -0.2) is 21.4 Å². The van der Waals surface area contributed by atoms with Crippen molar-refractivity contribution < 1.29 is 22.3 Å². The zero-order valence-corrected chi connectivity index (χ0v) is 17.5. The number of benzene rings is 3. The highest BCUT2D eigenvalue weighted by Crippen LogP contribution is 2.29. The van der Waals surface area contributed by atoms with Gasteiger partial charge in [0.2, 0.25) is 0 Å². The molecule has 2 N–H and O–H groups in total. The number of nitrogens with one attached hydrogen (secondary N) is 2. The normalized spacial score (nSPS) is 11.1. The van der Waals surface area contributed by atoms with Crippen molar-refractivity contribution in [1.29, 1.82) is 0 Å². The number of rotatable bonds is 6. The number of hydrogen-bond acceptors (Lipinski definition) is 4. The third-order valence-electron chi connectivity index (χ3n) is 4.49. The quantitative estimate of drug-likeness (QED) is 0.605. The summed E-state index contributed by atoms with van der Waals surface area (Å²) in [4.78, 5) is 12.4. The molecule has 0 aromatic heterocycles. The van der Waals surface area contributed by atoms with Crippen molar-refractivity contribution >= 4 is 27.3 Å². The molecule has 0 spiro atoms. The molecule has 0 bridgehead atoms. The Balaban J connectivity index is 1.94. The highest BCUT2D eigenvalue weighted by atomic mass is 32.2. The van der Waals surface area contributed by atoms with E-state index in [0.29, 0.717) is 5.69 Å². The first-order chi connectivity index (χ1) is 14.2. The topological polar surface area (TPSA) is 84.5 Å². The second-order valence-corrected chi connectivity index (χ2v) is 8.40. The average Bonchev–Trinajstić information content (AvgIpc) is 2.70. The Hall–Kier alpha value is -3.39. The van der Waals surface area contributed by atoms with E-state index in [1.165, 1.54) is 49.6 Å². The Kier molecular flexibility index (Phi) is 6.07. The SMILES string of the molecule is COc1ccc(S(=O)(=O)Nc2cc(C)ccc2C)cc1NC(=O)c1ccccc1F. The van der Waals surface area contributed by atoms with Gasteiger partial charge in [-0.25, -0.2) is 12.8 Å². The van der Waals surface area contributed by atoms with Gasteiger partial charge in [-0.15, -0.1) is 0 Å². The van der Waals surface area contributed by atoms with E-state index >= 15 is 0 Å². The second kappa shape index (κ2) is 8.54. The van der Waals surface area contributed by atoms with E-state index in [1.807, 2.05) is 19.1 Å². The van der Waals surface area contributed by atoms with E-state index in [2.05, 4.69) is 10.0 Å². The van der Waals surface area contributed by atoms with Crippen LogP contribution in [0.5, 0.6) is 5.75 Å². The molecule has 3 aromatic rings. The Labute approximate surface area is 174 Å². The number of sulfonamides is 1. The van der Waals surface area contributed by atoms with Crippen molar-refractivity contribution in [3.63, 3.8) is 0 Å². The van der Waals surface area contributed by atoms with E-state index in [9.17, 15) is 17.6 Å². The molecule has 3 rings (SSSR count). The summed E-state index contributed by atoms with van der Waals surface area (Å²) >= 11 is 0. The molecule has 156 valence electrons. The molecule has 30 heavy (non-hydrogen) atoms. The average molecular weight is 428 g/mol. The maximum Gasteiger partial charge on any atom is 0.261 e. The molecule has 0 saturated heterocycles. The Morgan fingerprint density at radius 3 is 2.40 bits per heavy atom. The summed E-state index contributed by atoms with van der Waals surface area (Å²) in [6, 6.07) is 15.0. The minimum Gasteiger partial charge on any atom is -0.495 e. The maximum absolute atomic E-state index is 13.9. The van der Waals surface area contributed by atoms with Gasteiger partial charge in [0, 0.05) is 0 Å². The fraction of sp³-hybridized carbons (Fsp3) is 0.136. The van der Waals surface area contributed by atoms with Crippen LogP contribution < -0.4 is 14.8 Å². The number of carbonyl (C=O) groups is 1. The van der Waals surface area contributed by atoms with Gasteiger partial charge in [-0.05, 0) is 61.4 Å². The van der Waals surface area contributed by atoms with Crippen LogP contribution in [-0.2, 0) is 10.0 Å². The standard InChI is InChI=1S/C22H21FN2O4S/c1-14-8-9-15(2)19(12-14)25-30(27,28)16-10-11-21(29-3)20(13-16)24-22(26)17-6-4-5-7-18(17)23/h4-13,25H,1-3H3,(H,24,26). The van der Waals surface area contributed by atoms with E-state index in [4.69, 9.17) is 4.74 Å². The van der Waals surface area contributed by atoms with Crippen molar-refractivity contribution in [1.82, 2.24) is 0 Å². The van der Waals surface area contributed by atoms with Gasteiger partial charge in [0.05, 0.1) is 28.9 Å². The van der Waals surface area contributed by atoms with Crippen LogP contribution >= 0.6 is 0 Å². The van der Waals surface area contributed by atoms with Gasteiger partial charge in [0.1, 0.15) is 11.6 Å². The van der Waals surface area contributed by atoms with Crippen LogP contribution in [0.15, 0.2) is 65.6 Å². The fourth-order valence-electron chi connectivity index (χ4n) is 2.84. The van der Waals surface area contributed by atoms with Gasteiger partial charge in [-0.2, -0.15) is 0 Å². The first-order valence-corrected chi connectivity index (χ1v) is 10.5. The molecule has 0 aliphatic heterocycles. The molecule has 1 amide bonds. The highest BCUT2D eigenvalue weighted by molar-refractivity contribution is 7.92.